The van der Waals surface area contributed by atoms with Crippen molar-refractivity contribution in [1.29, 1.82) is 5.41 Å². The first-order chi connectivity index (χ1) is 15.9. The maximum absolute atomic E-state index is 11.9. The molecule has 0 spiro atoms. The zero-order chi connectivity index (χ0) is 23.7. The summed E-state index contributed by atoms with van der Waals surface area (Å²) in [5, 5.41) is 11.9. The Labute approximate surface area is 195 Å². The molecule has 0 radical (unpaired) electrons. The average molecular weight is 464 g/mol. The van der Waals surface area contributed by atoms with Crippen molar-refractivity contribution in [1.82, 2.24) is 15.0 Å². The molecular weight excluding hydrogens is 434 g/mol. The molecule has 0 bridgehead atoms. The summed E-state index contributed by atoms with van der Waals surface area (Å²) in [6, 6.07) is 19.7. The molecule has 0 atom stereocenters. The van der Waals surface area contributed by atoms with Gasteiger partial charge in [-0.2, -0.15) is 0 Å². The average Bonchev–Trinajstić information content (AvgIpc) is 2.86. The van der Waals surface area contributed by atoms with Crippen LogP contribution in [-0.4, -0.2) is 45.5 Å². The molecule has 3 rings (SSSR count). The molecule has 33 heavy (non-hydrogen) atoms. The van der Waals surface area contributed by atoms with Crippen LogP contribution in [0.5, 0.6) is 0 Å². The number of anilines is 1. The van der Waals surface area contributed by atoms with Gasteiger partial charge in [0, 0.05) is 43.8 Å². The maximum atomic E-state index is 11.9. The van der Waals surface area contributed by atoms with Crippen LogP contribution in [0, 0.1) is 5.41 Å². The Morgan fingerprint density at radius 3 is 2.58 bits per heavy atom. The Hall–Kier alpha value is -3.49. The highest BCUT2D eigenvalue weighted by atomic mass is 32.2. The first-order valence-corrected chi connectivity index (χ1v) is 12.2. The Morgan fingerprint density at radius 2 is 1.88 bits per heavy atom. The molecule has 2 aromatic carbocycles. The van der Waals surface area contributed by atoms with E-state index in [2.05, 4.69) is 15.0 Å². The summed E-state index contributed by atoms with van der Waals surface area (Å²) < 4.78 is 26.1. The first-order valence-electron chi connectivity index (χ1n) is 10.6. The van der Waals surface area contributed by atoms with Gasteiger partial charge >= 0.3 is 0 Å². The first kappa shape index (κ1) is 24.2. The molecule has 1 aromatic heterocycles. The molecule has 3 N–H and O–H groups in total. The third kappa shape index (κ3) is 7.00. The van der Waals surface area contributed by atoms with E-state index in [1.807, 2.05) is 72.6 Å². The third-order valence-corrected chi connectivity index (χ3v) is 6.55. The topological polar surface area (TPSA) is 98.2 Å². The van der Waals surface area contributed by atoms with Crippen LogP contribution in [0.2, 0.25) is 0 Å². The molecule has 7 nitrogen and oxygen atoms in total. The van der Waals surface area contributed by atoms with Gasteiger partial charge in [0.05, 0.1) is 11.5 Å². The van der Waals surface area contributed by atoms with Gasteiger partial charge < -0.3 is 15.6 Å². The van der Waals surface area contributed by atoms with E-state index in [1.165, 1.54) is 7.05 Å². The molecule has 3 aromatic rings. The predicted molar refractivity (Wildman–Crippen MR) is 135 cm³/mol. The molecular formula is C25H29N5O2S. The number of rotatable bonds is 11. The van der Waals surface area contributed by atoms with E-state index in [9.17, 15) is 8.42 Å². The second-order valence-electron chi connectivity index (χ2n) is 7.53. The normalized spacial score (nSPS) is 11.5. The molecule has 8 heteroatoms. The molecule has 0 aliphatic rings. The van der Waals surface area contributed by atoms with Crippen molar-refractivity contribution in [2.75, 3.05) is 31.3 Å². The maximum Gasteiger partial charge on any atom is 0.213 e. The fraction of sp³-hybridized carbons (Fsp3) is 0.200. The number of allylic oxidation sites excluding steroid dienone is 1. The smallest absolute Gasteiger partial charge is 0.213 e. The lowest BCUT2D eigenvalue weighted by molar-refractivity contribution is 0.587. The van der Waals surface area contributed by atoms with Crippen LogP contribution in [0.15, 0.2) is 85.3 Å². The number of pyridine rings is 1. The van der Waals surface area contributed by atoms with Crippen LogP contribution in [-0.2, 0) is 16.6 Å². The number of nitrogens with one attached hydrogen (secondary N) is 3. The molecule has 0 saturated carbocycles. The Kier molecular flexibility index (Phi) is 8.34. The number of sulfonamides is 1. The highest BCUT2D eigenvalue weighted by Crippen LogP contribution is 2.28. The van der Waals surface area contributed by atoms with E-state index in [0.29, 0.717) is 18.8 Å². The second kappa shape index (κ2) is 11.4. The summed E-state index contributed by atoms with van der Waals surface area (Å²) >= 11 is 0. The largest absolute Gasteiger partial charge is 0.387 e. The lowest BCUT2D eigenvalue weighted by Gasteiger charge is -2.23. The molecule has 0 amide bonds. The fourth-order valence-corrected chi connectivity index (χ4v) is 4.00. The van der Waals surface area contributed by atoms with Gasteiger partial charge in [0.1, 0.15) is 0 Å². The van der Waals surface area contributed by atoms with Gasteiger partial charge in [0.25, 0.3) is 0 Å². The van der Waals surface area contributed by atoms with Crippen LogP contribution in [0.1, 0.15) is 11.1 Å². The summed E-state index contributed by atoms with van der Waals surface area (Å²) in [7, 11) is -0.0769. The van der Waals surface area contributed by atoms with Gasteiger partial charge in [-0.25, -0.2) is 13.1 Å². The van der Waals surface area contributed by atoms with Gasteiger partial charge in [-0.15, -0.1) is 0 Å². The Balaban J connectivity index is 1.83. The highest BCUT2D eigenvalue weighted by molar-refractivity contribution is 7.89. The third-order valence-electron chi connectivity index (χ3n) is 5.21. The van der Waals surface area contributed by atoms with Gasteiger partial charge in [0.15, 0.2) is 0 Å². The summed E-state index contributed by atoms with van der Waals surface area (Å²) in [6.45, 7) is 0.910. The molecule has 0 aliphatic carbocycles. The predicted octanol–water partition coefficient (Wildman–Crippen LogP) is 3.41. The zero-order valence-electron chi connectivity index (χ0n) is 18.8. The second-order valence-corrected chi connectivity index (χ2v) is 9.58. The van der Waals surface area contributed by atoms with E-state index in [-0.39, 0.29) is 5.75 Å². The standard InChI is InChI=1S/C25H29N5O2S/c1-27-33(31,32)16-15-30(2)25-11-10-22(21-8-4-3-5-9-21)17-23(25)24(26)12-14-29-19-20-7-6-13-28-18-20/h3-14,17-18,26-27,29H,15-16,19H2,1-2H3/b14-12-,26-24?. The lowest BCUT2D eigenvalue weighted by atomic mass is 9.98. The van der Waals surface area contributed by atoms with Crippen molar-refractivity contribution in [3.63, 3.8) is 0 Å². The number of hydrogen-bond acceptors (Lipinski definition) is 6. The zero-order valence-corrected chi connectivity index (χ0v) is 19.6. The lowest BCUT2D eigenvalue weighted by Crippen LogP contribution is -2.31. The van der Waals surface area contributed by atoms with Crippen LogP contribution in [0.3, 0.4) is 0 Å². The van der Waals surface area contributed by atoms with Gasteiger partial charge in [-0.3, -0.25) is 4.98 Å². The SMILES string of the molecule is CNS(=O)(=O)CCN(C)c1ccc(-c2ccccc2)cc1C(=N)/C=C\NCc1cccnc1. The Bertz CT molecular complexity index is 1200. The van der Waals surface area contributed by atoms with E-state index >= 15 is 0 Å². The summed E-state index contributed by atoms with van der Waals surface area (Å²) in [4.78, 5) is 5.96. The number of hydrogen-bond donors (Lipinski definition) is 3. The molecule has 1 heterocycles. The summed E-state index contributed by atoms with van der Waals surface area (Å²) in [5.74, 6) is -0.0320. The molecule has 0 saturated heterocycles. The van der Waals surface area contributed by atoms with Crippen molar-refractivity contribution in [2.24, 2.45) is 0 Å². The molecule has 0 aliphatic heterocycles. The van der Waals surface area contributed by atoms with Crippen molar-refractivity contribution in [2.45, 2.75) is 6.54 Å². The van der Waals surface area contributed by atoms with Crippen LogP contribution < -0.4 is 14.9 Å². The number of aromatic nitrogens is 1. The van der Waals surface area contributed by atoms with Gasteiger partial charge in [-0.1, -0.05) is 42.5 Å². The van der Waals surface area contributed by atoms with Crippen molar-refractivity contribution < 1.29 is 8.42 Å². The Morgan fingerprint density at radius 1 is 1.09 bits per heavy atom. The van der Waals surface area contributed by atoms with E-state index < -0.39 is 10.0 Å². The van der Waals surface area contributed by atoms with Gasteiger partial charge in [-0.05, 0) is 54.2 Å². The van der Waals surface area contributed by atoms with Crippen molar-refractivity contribution in [3.8, 4) is 11.1 Å². The fourth-order valence-electron chi connectivity index (χ4n) is 3.29. The molecule has 172 valence electrons. The highest BCUT2D eigenvalue weighted by Gasteiger charge is 2.15. The summed E-state index contributed by atoms with van der Waals surface area (Å²) in [5.41, 5.74) is 4.93. The quantitative estimate of drug-likeness (QED) is 0.379. The number of nitrogens with zero attached hydrogens (tertiary/aromatic N) is 2. The van der Waals surface area contributed by atoms with E-state index in [0.717, 1.165) is 27.9 Å². The summed E-state index contributed by atoms with van der Waals surface area (Å²) in [6.07, 6.45) is 6.98. The van der Waals surface area contributed by atoms with Crippen molar-refractivity contribution >= 4 is 21.4 Å². The number of benzene rings is 2. The van der Waals surface area contributed by atoms with Crippen LogP contribution in [0.4, 0.5) is 5.69 Å². The van der Waals surface area contributed by atoms with E-state index in [4.69, 9.17) is 5.41 Å². The van der Waals surface area contributed by atoms with Crippen molar-refractivity contribution in [3.05, 3.63) is 96.5 Å². The monoisotopic (exact) mass is 463 g/mol. The molecule has 0 unspecified atom stereocenters. The van der Waals surface area contributed by atoms with Crippen LogP contribution in [0.25, 0.3) is 11.1 Å². The molecule has 0 fully saturated rings. The minimum atomic E-state index is -3.33. The van der Waals surface area contributed by atoms with Gasteiger partial charge in [0.2, 0.25) is 10.0 Å². The van der Waals surface area contributed by atoms with Crippen LogP contribution >= 0.6 is 0 Å². The van der Waals surface area contributed by atoms with E-state index in [1.54, 1.807) is 24.7 Å². The minimum Gasteiger partial charge on any atom is -0.387 e. The minimum absolute atomic E-state index is 0.0320.